The summed E-state index contributed by atoms with van der Waals surface area (Å²) in [6.45, 7) is 0. The minimum atomic E-state index is -0.367. The third kappa shape index (κ3) is 2.45. The van der Waals surface area contributed by atoms with Crippen LogP contribution in [0.25, 0.3) is 11.1 Å². The van der Waals surface area contributed by atoms with Gasteiger partial charge in [-0.25, -0.2) is 0 Å². The van der Waals surface area contributed by atoms with Crippen molar-refractivity contribution in [3.8, 4) is 11.1 Å². The van der Waals surface area contributed by atoms with Crippen molar-refractivity contribution >= 4 is 11.6 Å². The van der Waals surface area contributed by atoms with Gasteiger partial charge in [0.2, 0.25) is 11.6 Å². The van der Waals surface area contributed by atoms with E-state index in [-0.39, 0.29) is 17.5 Å². The van der Waals surface area contributed by atoms with E-state index in [1.54, 1.807) is 30.6 Å². The number of ketones is 2. The molecule has 1 aromatic heterocycles. The summed E-state index contributed by atoms with van der Waals surface area (Å²) >= 11 is 0. The van der Waals surface area contributed by atoms with Crippen molar-refractivity contribution in [1.82, 2.24) is 4.98 Å². The number of benzene rings is 1. The van der Waals surface area contributed by atoms with Gasteiger partial charge in [-0.05, 0) is 30.5 Å². The molecule has 1 saturated carbocycles. The summed E-state index contributed by atoms with van der Waals surface area (Å²) in [5.74, 6) is -0.647. The molecular weight excluding hydrogens is 238 g/mol. The summed E-state index contributed by atoms with van der Waals surface area (Å²) in [4.78, 5) is 27.9. The summed E-state index contributed by atoms with van der Waals surface area (Å²) in [7, 11) is 0. The second-order valence-corrected chi connectivity index (χ2v) is 4.79. The fraction of sp³-hybridized carbons (Fsp3) is 0.188. The van der Waals surface area contributed by atoms with Crippen LogP contribution < -0.4 is 0 Å². The van der Waals surface area contributed by atoms with Crippen LogP contribution in [0.2, 0.25) is 0 Å². The van der Waals surface area contributed by atoms with Crippen molar-refractivity contribution in [3.05, 3.63) is 54.4 Å². The van der Waals surface area contributed by atoms with Crippen LogP contribution in [0.15, 0.2) is 48.8 Å². The van der Waals surface area contributed by atoms with Crippen LogP contribution in [0.1, 0.15) is 23.2 Å². The highest BCUT2D eigenvalue weighted by Crippen LogP contribution is 2.31. The summed E-state index contributed by atoms with van der Waals surface area (Å²) in [5.41, 5.74) is 2.32. The van der Waals surface area contributed by atoms with Crippen LogP contribution in [0.3, 0.4) is 0 Å². The molecule has 1 fully saturated rings. The number of hydrogen-bond acceptors (Lipinski definition) is 3. The fourth-order valence-electron chi connectivity index (χ4n) is 2.05. The highest BCUT2D eigenvalue weighted by molar-refractivity contribution is 6.44. The predicted molar refractivity (Wildman–Crippen MR) is 71.7 cm³/mol. The van der Waals surface area contributed by atoms with Gasteiger partial charge in [-0.2, -0.15) is 0 Å². The topological polar surface area (TPSA) is 47.0 Å². The van der Waals surface area contributed by atoms with Crippen molar-refractivity contribution in [2.45, 2.75) is 12.8 Å². The van der Waals surface area contributed by atoms with Gasteiger partial charge < -0.3 is 0 Å². The van der Waals surface area contributed by atoms with Gasteiger partial charge in [-0.15, -0.1) is 0 Å². The zero-order valence-electron chi connectivity index (χ0n) is 10.4. The lowest BCUT2D eigenvalue weighted by atomic mass is 9.99. The molecule has 0 spiro atoms. The largest absolute Gasteiger partial charge is 0.290 e. The summed E-state index contributed by atoms with van der Waals surface area (Å²) in [6.07, 6.45) is 5.15. The first-order valence-electron chi connectivity index (χ1n) is 6.35. The fourth-order valence-corrected chi connectivity index (χ4v) is 2.05. The Bertz CT molecular complexity index is 630. The monoisotopic (exact) mass is 251 g/mol. The van der Waals surface area contributed by atoms with Gasteiger partial charge in [0.1, 0.15) is 0 Å². The minimum absolute atomic E-state index is 0.0328. The lowest BCUT2D eigenvalue weighted by Crippen LogP contribution is -2.15. The standard InChI is InChI=1S/C16H13NO2/c18-15(11-6-7-11)16(19)13-4-1-3-12(9-13)14-5-2-8-17-10-14/h1-5,8-11H,6-7H2. The quantitative estimate of drug-likeness (QED) is 0.620. The third-order valence-electron chi connectivity index (χ3n) is 3.29. The van der Waals surface area contributed by atoms with Crippen molar-refractivity contribution in [3.63, 3.8) is 0 Å². The zero-order valence-corrected chi connectivity index (χ0v) is 10.4. The number of aromatic nitrogens is 1. The molecule has 3 heteroatoms. The number of Topliss-reactive ketones (excluding diaryl/α,β-unsaturated/α-hetero) is 2. The van der Waals surface area contributed by atoms with Gasteiger partial charge in [-0.1, -0.05) is 24.3 Å². The second kappa shape index (κ2) is 4.76. The summed E-state index contributed by atoms with van der Waals surface area (Å²) in [5, 5.41) is 0. The molecule has 0 amide bonds. The van der Waals surface area contributed by atoms with Crippen LogP contribution in [-0.2, 0) is 4.79 Å². The number of carbonyl (C=O) groups is 2. The third-order valence-corrected chi connectivity index (χ3v) is 3.29. The van der Waals surface area contributed by atoms with Crippen molar-refractivity contribution in [1.29, 1.82) is 0 Å². The number of hydrogen-bond donors (Lipinski definition) is 0. The number of carbonyl (C=O) groups excluding carboxylic acids is 2. The van der Waals surface area contributed by atoms with E-state index in [0.29, 0.717) is 5.56 Å². The molecule has 0 atom stereocenters. The molecule has 19 heavy (non-hydrogen) atoms. The molecule has 0 saturated heterocycles. The molecule has 0 unspecified atom stereocenters. The maximum atomic E-state index is 12.0. The Morgan fingerprint density at radius 1 is 1.05 bits per heavy atom. The molecule has 0 bridgehead atoms. The highest BCUT2D eigenvalue weighted by Gasteiger charge is 2.34. The highest BCUT2D eigenvalue weighted by atomic mass is 16.2. The van der Waals surface area contributed by atoms with Crippen molar-refractivity contribution in [2.24, 2.45) is 5.92 Å². The number of pyridine rings is 1. The normalized spacial score (nSPS) is 14.1. The number of nitrogens with zero attached hydrogens (tertiary/aromatic N) is 1. The molecule has 1 aliphatic carbocycles. The van der Waals surface area contributed by atoms with E-state index < -0.39 is 0 Å². The first-order valence-corrected chi connectivity index (χ1v) is 6.35. The lowest BCUT2D eigenvalue weighted by molar-refractivity contribution is -0.116. The molecule has 0 N–H and O–H groups in total. The molecule has 0 aliphatic heterocycles. The summed E-state index contributed by atoms with van der Waals surface area (Å²) in [6, 6.07) is 11.0. The molecule has 2 aromatic rings. The van der Waals surface area contributed by atoms with E-state index in [1.807, 2.05) is 18.2 Å². The Hall–Kier alpha value is -2.29. The average Bonchev–Trinajstić information content (AvgIpc) is 3.31. The maximum absolute atomic E-state index is 12.0. The Labute approximate surface area is 111 Å². The van der Waals surface area contributed by atoms with Crippen LogP contribution >= 0.6 is 0 Å². The Balaban J connectivity index is 1.91. The van der Waals surface area contributed by atoms with E-state index in [1.165, 1.54) is 0 Å². The molecular formula is C16H13NO2. The van der Waals surface area contributed by atoms with Gasteiger partial charge in [0.25, 0.3) is 0 Å². The molecule has 3 rings (SSSR count). The molecule has 1 aliphatic rings. The van der Waals surface area contributed by atoms with Gasteiger partial charge in [0.15, 0.2) is 0 Å². The Kier molecular flexibility index (Phi) is 2.95. The SMILES string of the molecule is O=C(C(=O)C1CC1)c1cccc(-c2cccnc2)c1. The van der Waals surface area contributed by atoms with Crippen LogP contribution in [0.4, 0.5) is 0 Å². The minimum Gasteiger partial charge on any atom is -0.290 e. The van der Waals surface area contributed by atoms with Gasteiger partial charge >= 0.3 is 0 Å². The van der Waals surface area contributed by atoms with Crippen molar-refractivity contribution in [2.75, 3.05) is 0 Å². The maximum Gasteiger partial charge on any atom is 0.228 e. The van der Waals surface area contributed by atoms with E-state index >= 15 is 0 Å². The van der Waals surface area contributed by atoms with E-state index in [9.17, 15) is 9.59 Å². The molecule has 1 aromatic carbocycles. The van der Waals surface area contributed by atoms with E-state index in [4.69, 9.17) is 0 Å². The van der Waals surface area contributed by atoms with Crippen LogP contribution in [0.5, 0.6) is 0 Å². The molecule has 1 heterocycles. The molecule has 94 valence electrons. The molecule has 0 radical (unpaired) electrons. The Morgan fingerprint density at radius 2 is 1.84 bits per heavy atom. The average molecular weight is 251 g/mol. The van der Waals surface area contributed by atoms with Gasteiger partial charge in [0.05, 0.1) is 0 Å². The lowest BCUT2D eigenvalue weighted by Gasteiger charge is -2.04. The van der Waals surface area contributed by atoms with Crippen molar-refractivity contribution < 1.29 is 9.59 Å². The Morgan fingerprint density at radius 3 is 2.53 bits per heavy atom. The van der Waals surface area contributed by atoms with Gasteiger partial charge in [0, 0.05) is 29.4 Å². The predicted octanol–water partition coefficient (Wildman–Crippen LogP) is 2.91. The van der Waals surface area contributed by atoms with E-state index in [0.717, 1.165) is 24.0 Å². The smallest absolute Gasteiger partial charge is 0.228 e. The first-order chi connectivity index (χ1) is 9.25. The first kappa shape index (κ1) is 11.8. The number of rotatable bonds is 4. The van der Waals surface area contributed by atoms with Crippen LogP contribution in [-0.4, -0.2) is 16.6 Å². The summed E-state index contributed by atoms with van der Waals surface area (Å²) < 4.78 is 0. The van der Waals surface area contributed by atoms with Crippen LogP contribution in [0, 0.1) is 5.92 Å². The van der Waals surface area contributed by atoms with E-state index in [2.05, 4.69) is 4.98 Å². The molecule has 3 nitrogen and oxygen atoms in total. The zero-order chi connectivity index (χ0) is 13.2. The second-order valence-electron chi connectivity index (χ2n) is 4.79. The van der Waals surface area contributed by atoms with Gasteiger partial charge in [-0.3, -0.25) is 14.6 Å².